The van der Waals surface area contributed by atoms with Gasteiger partial charge in [0.25, 0.3) is 5.91 Å². The van der Waals surface area contributed by atoms with Crippen LogP contribution in [0.15, 0.2) is 16.9 Å². The lowest BCUT2D eigenvalue weighted by Gasteiger charge is -2.50. The quantitative estimate of drug-likeness (QED) is 0.294. The Kier molecular flexibility index (Phi) is 6.67. The topological polar surface area (TPSA) is 185 Å². The summed E-state index contributed by atoms with van der Waals surface area (Å²) in [5, 5.41) is 45.3. The molecular weight excluding hydrogens is 570 g/mol. The number of carbonyl (C=O) groups is 4. The van der Waals surface area contributed by atoms with Crippen molar-refractivity contribution in [1.29, 1.82) is 0 Å². The average molecular weight is 603 g/mol. The molecule has 1 aromatic rings. The van der Waals surface area contributed by atoms with Crippen molar-refractivity contribution in [3.8, 4) is 5.75 Å². The number of amides is 2. The van der Waals surface area contributed by atoms with Gasteiger partial charge in [-0.15, -0.1) is 0 Å². The van der Waals surface area contributed by atoms with Crippen LogP contribution in [-0.4, -0.2) is 110 Å². The third kappa shape index (κ3) is 4.03. The van der Waals surface area contributed by atoms with Crippen LogP contribution in [0, 0.1) is 17.7 Å². The number of hydrogen-bond donors (Lipinski definition) is 5. The van der Waals surface area contributed by atoms with Crippen molar-refractivity contribution in [1.82, 2.24) is 14.7 Å². The molecule has 6 N–H and O–H groups in total. The molecule has 43 heavy (non-hydrogen) atoms. The van der Waals surface area contributed by atoms with Crippen LogP contribution in [0.5, 0.6) is 5.75 Å². The summed E-state index contributed by atoms with van der Waals surface area (Å²) in [6, 6.07) is -1.25. The van der Waals surface area contributed by atoms with Gasteiger partial charge in [-0.05, 0) is 39.3 Å². The number of primary amides is 1. The number of alkyl halides is 1. The fraction of sp³-hybridized carbons (Fsp3) is 0.517. The normalized spacial score (nSPS) is 30.5. The van der Waals surface area contributed by atoms with Gasteiger partial charge in [-0.25, -0.2) is 8.78 Å². The highest BCUT2D eigenvalue weighted by Gasteiger charge is 2.64. The zero-order valence-corrected chi connectivity index (χ0v) is 23.6. The molecule has 5 aliphatic rings. The largest absolute Gasteiger partial charge is 0.508 e. The SMILES string of the molecule is CN(C)[C@@H]1C(=O)C(C(N)=O)=C(O)[C@@]2(O)C(=O)C3=C(O)c4c(O)c5c(c(F)c4C[C@H]3C[C@@H]12)CN(C(=O)CN1CC[C@H](F)C1)C5. The number of phenolic OH excluding ortho intramolecular Hbond substituents is 1. The predicted octanol–water partition coefficient (Wildman–Crippen LogP) is -0.0109. The molecule has 1 saturated heterocycles. The molecule has 1 saturated carbocycles. The Hall–Kier alpha value is -3.88. The van der Waals surface area contributed by atoms with Crippen LogP contribution in [0.3, 0.4) is 0 Å². The standard InChI is InChI=1S/C29H32F2N4O8/c1-33(2)22-16-6-11-5-13-19(24(38)18(11)26(40)29(16,43)27(41)20(25(22)39)28(32)42)23(37)15-9-35(8-14(15)21(13)31)17(36)10-34-4-3-12(30)7-34/h11-12,16,22,37-38,41,43H,3-10H2,1-2H3,(H2,32,42)/t11-,12-,16-,22-,29-/m0/s1. The minimum absolute atomic E-state index is 0.0505. The fourth-order valence-electron chi connectivity index (χ4n) is 7.61. The minimum Gasteiger partial charge on any atom is -0.508 e. The van der Waals surface area contributed by atoms with Gasteiger partial charge < -0.3 is 31.1 Å². The van der Waals surface area contributed by atoms with Crippen LogP contribution in [0.1, 0.15) is 35.1 Å². The van der Waals surface area contributed by atoms with Crippen molar-refractivity contribution in [2.75, 3.05) is 33.7 Å². The number of nitrogens with zero attached hydrogens (tertiary/aromatic N) is 3. The number of likely N-dealkylation sites (N-methyl/N-ethyl adjacent to an activating group) is 1. The van der Waals surface area contributed by atoms with Crippen molar-refractivity contribution >= 4 is 29.1 Å². The monoisotopic (exact) mass is 602 g/mol. The van der Waals surface area contributed by atoms with Crippen LogP contribution in [0.2, 0.25) is 0 Å². The zero-order valence-electron chi connectivity index (χ0n) is 23.6. The summed E-state index contributed by atoms with van der Waals surface area (Å²) in [6.45, 7) is 0.136. The first kappa shape index (κ1) is 29.2. The Labute approximate surface area is 244 Å². The maximum atomic E-state index is 16.1. The number of likely N-dealkylation sites (tertiary alicyclic amines) is 1. The first-order valence-electron chi connectivity index (χ1n) is 14.0. The lowest BCUT2D eigenvalue weighted by Crippen LogP contribution is -2.65. The number of nitrogens with two attached hydrogens (primary N) is 1. The molecule has 2 aliphatic heterocycles. The predicted molar refractivity (Wildman–Crippen MR) is 144 cm³/mol. The van der Waals surface area contributed by atoms with Gasteiger partial charge in [0.15, 0.2) is 11.4 Å². The lowest BCUT2D eigenvalue weighted by atomic mass is 9.57. The van der Waals surface area contributed by atoms with E-state index in [4.69, 9.17) is 5.73 Å². The molecule has 230 valence electrons. The van der Waals surface area contributed by atoms with E-state index in [-0.39, 0.29) is 72.8 Å². The second-order valence-electron chi connectivity index (χ2n) is 12.3. The highest BCUT2D eigenvalue weighted by molar-refractivity contribution is 6.24. The number of aliphatic hydroxyl groups excluding tert-OH is 2. The van der Waals surface area contributed by atoms with Gasteiger partial charge in [-0.1, -0.05) is 0 Å². The number of rotatable bonds is 4. The van der Waals surface area contributed by atoms with Crippen molar-refractivity contribution in [3.63, 3.8) is 0 Å². The van der Waals surface area contributed by atoms with Gasteiger partial charge >= 0.3 is 0 Å². The Morgan fingerprint density at radius 1 is 1.12 bits per heavy atom. The van der Waals surface area contributed by atoms with Crippen LogP contribution in [0.25, 0.3) is 5.76 Å². The van der Waals surface area contributed by atoms with Gasteiger partial charge in [0, 0.05) is 47.8 Å². The number of benzene rings is 1. The van der Waals surface area contributed by atoms with E-state index < -0.39 is 75.8 Å². The number of Topliss-reactive ketones (excluding diaryl/α,β-unsaturated/α-hetero) is 2. The molecular formula is C29H32F2N4O8. The molecule has 12 nitrogen and oxygen atoms in total. The molecule has 14 heteroatoms. The van der Waals surface area contributed by atoms with Crippen molar-refractivity contribution in [2.24, 2.45) is 17.6 Å². The summed E-state index contributed by atoms with van der Waals surface area (Å²) >= 11 is 0. The third-order valence-corrected chi connectivity index (χ3v) is 9.66. The number of aromatic hydroxyl groups is 1. The molecule has 0 radical (unpaired) electrons. The van der Waals surface area contributed by atoms with Crippen LogP contribution in [-0.2, 0) is 38.7 Å². The van der Waals surface area contributed by atoms with E-state index in [1.165, 1.54) is 23.9 Å². The van der Waals surface area contributed by atoms with E-state index in [1.807, 2.05) is 0 Å². The summed E-state index contributed by atoms with van der Waals surface area (Å²) in [5.74, 6) is -9.29. The Bertz CT molecular complexity index is 1570. The maximum Gasteiger partial charge on any atom is 0.255 e. The Morgan fingerprint density at radius 3 is 2.40 bits per heavy atom. The smallest absolute Gasteiger partial charge is 0.255 e. The first-order valence-corrected chi connectivity index (χ1v) is 14.0. The summed E-state index contributed by atoms with van der Waals surface area (Å²) in [5.41, 5.74) is 0.891. The number of halogens is 2. The first-order chi connectivity index (χ1) is 20.2. The molecule has 1 aromatic carbocycles. The number of carbonyl (C=O) groups excluding carboxylic acids is 4. The minimum atomic E-state index is -2.80. The average Bonchev–Trinajstić information content (AvgIpc) is 3.55. The van der Waals surface area contributed by atoms with E-state index in [0.29, 0.717) is 13.0 Å². The number of ketones is 2. The Morgan fingerprint density at radius 2 is 1.79 bits per heavy atom. The molecule has 0 unspecified atom stereocenters. The summed E-state index contributed by atoms with van der Waals surface area (Å²) in [4.78, 5) is 56.6. The molecule has 0 bridgehead atoms. The molecule has 2 heterocycles. The van der Waals surface area contributed by atoms with Crippen molar-refractivity contribution < 1.29 is 48.4 Å². The van der Waals surface area contributed by atoms with E-state index in [2.05, 4.69) is 0 Å². The van der Waals surface area contributed by atoms with E-state index in [0.717, 1.165) is 0 Å². The van der Waals surface area contributed by atoms with Gasteiger partial charge in [0.05, 0.1) is 24.7 Å². The summed E-state index contributed by atoms with van der Waals surface area (Å²) < 4.78 is 29.7. The molecule has 5 atom stereocenters. The number of aliphatic hydroxyl groups is 3. The number of phenols is 1. The number of fused-ring (bicyclic) bond motifs is 4. The van der Waals surface area contributed by atoms with Gasteiger partial charge in [0.2, 0.25) is 11.7 Å². The second-order valence-corrected chi connectivity index (χ2v) is 12.3. The van der Waals surface area contributed by atoms with E-state index >= 15 is 4.39 Å². The molecule has 3 aliphatic carbocycles. The highest BCUT2D eigenvalue weighted by atomic mass is 19.1. The Balaban J connectivity index is 1.41. The maximum absolute atomic E-state index is 16.1. The van der Waals surface area contributed by atoms with E-state index in [9.17, 15) is 44.0 Å². The highest BCUT2D eigenvalue weighted by Crippen LogP contribution is 2.54. The molecule has 2 fully saturated rings. The molecule has 2 amide bonds. The molecule has 0 spiro atoms. The third-order valence-electron chi connectivity index (χ3n) is 9.66. The van der Waals surface area contributed by atoms with Crippen molar-refractivity contribution in [3.05, 3.63) is 45.0 Å². The van der Waals surface area contributed by atoms with Crippen molar-refractivity contribution in [2.45, 2.75) is 50.2 Å². The zero-order chi connectivity index (χ0) is 31.3. The second kappa shape index (κ2) is 9.82. The van der Waals surface area contributed by atoms with Gasteiger partial charge in [-0.3, -0.25) is 29.0 Å². The van der Waals surface area contributed by atoms with E-state index in [1.54, 1.807) is 4.90 Å². The number of hydrogen-bond acceptors (Lipinski definition) is 10. The fourth-order valence-corrected chi connectivity index (χ4v) is 7.61. The lowest BCUT2D eigenvalue weighted by molar-refractivity contribution is -0.153. The molecule has 0 aromatic heterocycles. The van der Waals surface area contributed by atoms with Gasteiger partial charge in [0.1, 0.15) is 34.8 Å². The van der Waals surface area contributed by atoms with Crippen LogP contribution in [0.4, 0.5) is 8.78 Å². The summed E-state index contributed by atoms with van der Waals surface area (Å²) in [6.07, 6.45) is -1.06. The van der Waals surface area contributed by atoms with Crippen LogP contribution < -0.4 is 5.73 Å². The van der Waals surface area contributed by atoms with Crippen LogP contribution >= 0.6 is 0 Å². The summed E-state index contributed by atoms with van der Waals surface area (Å²) in [7, 11) is 2.97. The van der Waals surface area contributed by atoms with Gasteiger partial charge in [-0.2, -0.15) is 0 Å². The molecule has 6 rings (SSSR count).